The molecule has 2 N–H and O–H groups in total. The van der Waals surface area contributed by atoms with Crippen molar-refractivity contribution in [2.75, 3.05) is 13.3 Å². The van der Waals surface area contributed by atoms with Gasteiger partial charge in [0.05, 0.1) is 13.3 Å². The van der Waals surface area contributed by atoms with E-state index in [0.29, 0.717) is 0 Å². The van der Waals surface area contributed by atoms with Crippen LogP contribution in [-0.2, 0) is 4.84 Å². The first-order chi connectivity index (χ1) is 9.86. The molecule has 1 aliphatic heterocycles. The topological polar surface area (TPSA) is 33.3 Å². The van der Waals surface area contributed by atoms with E-state index in [1.807, 2.05) is 0 Å². The first-order valence-corrected chi connectivity index (χ1v) is 8.96. The third-order valence-corrected chi connectivity index (χ3v) is 5.79. The molecule has 20 heavy (non-hydrogen) atoms. The Morgan fingerprint density at radius 3 is 1.80 bits per heavy atom. The Kier molecular flexibility index (Phi) is 5.36. The maximum absolute atomic E-state index is 5.66. The van der Waals surface area contributed by atoms with Gasteiger partial charge in [-0.3, -0.25) is 10.2 Å². The summed E-state index contributed by atoms with van der Waals surface area (Å²) in [6, 6.07) is 0. The highest BCUT2D eigenvalue weighted by atomic mass is 16.6. The summed E-state index contributed by atoms with van der Waals surface area (Å²) in [6.45, 7) is 1.68. The number of rotatable bonds is 4. The molecular weight excluding hydrogens is 248 g/mol. The van der Waals surface area contributed by atoms with Crippen LogP contribution in [0.25, 0.3) is 0 Å². The van der Waals surface area contributed by atoms with Crippen LogP contribution in [0.3, 0.4) is 0 Å². The number of hydrogen-bond donors (Lipinski definition) is 2. The molecule has 0 aromatic rings. The van der Waals surface area contributed by atoms with Gasteiger partial charge in [-0.2, -0.15) is 5.48 Å². The number of hydroxylamine groups is 1. The van der Waals surface area contributed by atoms with Crippen LogP contribution in [0.5, 0.6) is 0 Å². The van der Waals surface area contributed by atoms with Gasteiger partial charge in [0, 0.05) is 5.54 Å². The van der Waals surface area contributed by atoms with Crippen molar-refractivity contribution in [1.82, 2.24) is 10.8 Å². The molecule has 3 rings (SSSR count). The molecule has 1 saturated heterocycles. The molecule has 0 atom stereocenters. The molecule has 0 amide bonds. The van der Waals surface area contributed by atoms with Crippen LogP contribution in [0.15, 0.2) is 0 Å². The monoisotopic (exact) mass is 280 g/mol. The van der Waals surface area contributed by atoms with Crippen molar-refractivity contribution < 1.29 is 4.84 Å². The van der Waals surface area contributed by atoms with Crippen molar-refractivity contribution in [2.24, 2.45) is 11.8 Å². The molecule has 1 heterocycles. The van der Waals surface area contributed by atoms with E-state index in [4.69, 9.17) is 4.84 Å². The van der Waals surface area contributed by atoms with Gasteiger partial charge in [0.1, 0.15) is 0 Å². The average Bonchev–Trinajstić information content (AvgIpc) is 2.50. The summed E-state index contributed by atoms with van der Waals surface area (Å²) in [5, 5.41) is 3.79. The summed E-state index contributed by atoms with van der Waals surface area (Å²) in [6.07, 6.45) is 17.2. The molecule has 0 aromatic heterocycles. The van der Waals surface area contributed by atoms with E-state index in [1.54, 1.807) is 0 Å². The second-order valence-electron chi connectivity index (χ2n) is 7.48. The lowest BCUT2D eigenvalue weighted by molar-refractivity contribution is -0.0664. The van der Waals surface area contributed by atoms with Crippen molar-refractivity contribution in [3.63, 3.8) is 0 Å². The van der Waals surface area contributed by atoms with E-state index in [1.165, 1.54) is 77.0 Å². The predicted molar refractivity (Wildman–Crippen MR) is 82.2 cm³/mol. The highest BCUT2D eigenvalue weighted by molar-refractivity contribution is 4.94. The minimum absolute atomic E-state index is 0.259. The molecule has 3 nitrogen and oxygen atoms in total. The Hall–Kier alpha value is -0.120. The second-order valence-corrected chi connectivity index (χ2v) is 7.48. The Morgan fingerprint density at radius 2 is 1.35 bits per heavy atom. The van der Waals surface area contributed by atoms with Crippen molar-refractivity contribution >= 4 is 0 Å². The molecule has 3 fully saturated rings. The third kappa shape index (κ3) is 3.96. The van der Waals surface area contributed by atoms with Crippen LogP contribution < -0.4 is 10.8 Å². The molecule has 0 radical (unpaired) electrons. The van der Waals surface area contributed by atoms with Crippen molar-refractivity contribution in [3.05, 3.63) is 0 Å². The van der Waals surface area contributed by atoms with E-state index in [2.05, 4.69) is 10.8 Å². The summed E-state index contributed by atoms with van der Waals surface area (Å²) in [5.74, 6) is 1.86. The summed E-state index contributed by atoms with van der Waals surface area (Å²) in [4.78, 5) is 5.66. The van der Waals surface area contributed by atoms with Crippen LogP contribution in [0.4, 0.5) is 0 Å². The van der Waals surface area contributed by atoms with Gasteiger partial charge in [0.25, 0.3) is 0 Å². The Morgan fingerprint density at radius 1 is 0.800 bits per heavy atom. The zero-order valence-corrected chi connectivity index (χ0v) is 13.0. The van der Waals surface area contributed by atoms with E-state index in [0.717, 1.165) is 25.1 Å². The fourth-order valence-corrected chi connectivity index (χ4v) is 4.75. The fourth-order valence-electron chi connectivity index (χ4n) is 4.75. The molecule has 0 unspecified atom stereocenters. The molecule has 0 bridgehead atoms. The molecule has 2 aliphatic carbocycles. The standard InChI is InChI=1S/C17H32N2O/c1-3-7-15(8-4-1)11-17(13-20-19-14-18-17)12-16-9-5-2-6-10-16/h15-16,18-19H,1-14H2. The number of nitrogens with one attached hydrogen (secondary N) is 2. The Labute approximate surface area is 124 Å². The lowest BCUT2D eigenvalue weighted by Gasteiger charge is -2.44. The third-order valence-electron chi connectivity index (χ3n) is 5.79. The van der Waals surface area contributed by atoms with Gasteiger partial charge in [0.2, 0.25) is 0 Å². The summed E-state index contributed by atoms with van der Waals surface area (Å²) < 4.78 is 0. The number of hydrogen-bond acceptors (Lipinski definition) is 3. The molecular formula is C17H32N2O. The molecule has 3 aliphatic rings. The molecule has 0 aromatic carbocycles. The molecule has 116 valence electrons. The molecule has 0 spiro atoms. The van der Waals surface area contributed by atoms with Gasteiger partial charge in [-0.1, -0.05) is 64.2 Å². The van der Waals surface area contributed by atoms with Gasteiger partial charge in [-0.05, 0) is 24.7 Å². The summed E-state index contributed by atoms with van der Waals surface area (Å²) in [7, 11) is 0. The minimum Gasteiger partial charge on any atom is -0.299 e. The van der Waals surface area contributed by atoms with Crippen LogP contribution in [0.2, 0.25) is 0 Å². The zero-order valence-electron chi connectivity index (χ0n) is 13.0. The lowest BCUT2D eigenvalue weighted by Crippen LogP contribution is -2.59. The van der Waals surface area contributed by atoms with Crippen LogP contribution in [0, 0.1) is 11.8 Å². The summed E-state index contributed by atoms with van der Waals surface area (Å²) in [5.41, 5.74) is 3.26. The van der Waals surface area contributed by atoms with Gasteiger partial charge in [-0.25, -0.2) is 0 Å². The normalized spacial score (nSPS) is 29.4. The Bertz CT molecular complexity index is 255. The minimum atomic E-state index is 0.259. The van der Waals surface area contributed by atoms with E-state index in [-0.39, 0.29) is 5.54 Å². The highest BCUT2D eigenvalue weighted by Crippen LogP contribution is 2.37. The summed E-state index contributed by atoms with van der Waals surface area (Å²) >= 11 is 0. The van der Waals surface area contributed by atoms with Gasteiger partial charge in [0.15, 0.2) is 0 Å². The van der Waals surface area contributed by atoms with Gasteiger partial charge in [-0.15, -0.1) is 0 Å². The smallest absolute Gasteiger partial charge is 0.0865 e. The van der Waals surface area contributed by atoms with Gasteiger partial charge >= 0.3 is 0 Å². The van der Waals surface area contributed by atoms with Crippen molar-refractivity contribution in [3.8, 4) is 0 Å². The van der Waals surface area contributed by atoms with E-state index < -0.39 is 0 Å². The first kappa shape index (κ1) is 14.8. The largest absolute Gasteiger partial charge is 0.299 e. The average molecular weight is 280 g/mol. The second kappa shape index (κ2) is 7.24. The van der Waals surface area contributed by atoms with E-state index in [9.17, 15) is 0 Å². The van der Waals surface area contributed by atoms with Crippen molar-refractivity contribution in [1.29, 1.82) is 0 Å². The molecule has 3 heteroatoms. The van der Waals surface area contributed by atoms with Crippen molar-refractivity contribution in [2.45, 2.75) is 82.6 Å². The quantitative estimate of drug-likeness (QED) is 0.823. The SMILES string of the molecule is C1CCC(CC2(CC3CCCCC3)CONCN2)CC1. The molecule has 2 saturated carbocycles. The van der Waals surface area contributed by atoms with Crippen LogP contribution >= 0.6 is 0 Å². The first-order valence-electron chi connectivity index (χ1n) is 8.96. The van der Waals surface area contributed by atoms with Crippen LogP contribution in [0.1, 0.15) is 77.0 Å². The van der Waals surface area contributed by atoms with E-state index >= 15 is 0 Å². The lowest BCUT2D eigenvalue weighted by atomic mass is 9.73. The maximum atomic E-state index is 5.66. The van der Waals surface area contributed by atoms with Gasteiger partial charge < -0.3 is 0 Å². The predicted octanol–water partition coefficient (Wildman–Crippen LogP) is 3.75. The zero-order chi connectivity index (χ0) is 13.7. The Balaban J connectivity index is 1.60. The van der Waals surface area contributed by atoms with Crippen LogP contribution in [-0.4, -0.2) is 18.8 Å². The highest BCUT2D eigenvalue weighted by Gasteiger charge is 2.37. The maximum Gasteiger partial charge on any atom is 0.0865 e. The fraction of sp³-hybridized carbons (Fsp3) is 1.00.